The molecule has 2 bridgehead atoms. The van der Waals surface area contributed by atoms with Crippen LogP contribution in [0.2, 0.25) is 0 Å². The Hall–Kier alpha value is -1.06. The van der Waals surface area contributed by atoms with E-state index in [1.165, 1.54) is 0 Å². The zero-order valence-corrected chi connectivity index (χ0v) is 9.82. The Kier molecular flexibility index (Phi) is 2.91. The van der Waals surface area contributed by atoms with Gasteiger partial charge in [0.2, 0.25) is 0 Å². The summed E-state index contributed by atoms with van der Waals surface area (Å²) < 4.78 is 9.96. The number of rotatable bonds is 5. The first kappa shape index (κ1) is 11.4. The maximum atomic E-state index is 11.8. The number of carbonyl (C=O) groups is 2. The van der Waals surface area contributed by atoms with Gasteiger partial charge < -0.3 is 9.47 Å². The summed E-state index contributed by atoms with van der Waals surface area (Å²) in [6.45, 7) is 4.13. The molecule has 3 aliphatic carbocycles. The molecule has 0 aromatic rings. The molecule has 0 aromatic carbocycles. The van der Waals surface area contributed by atoms with Crippen molar-refractivity contribution in [3.63, 3.8) is 0 Å². The summed E-state index contributed by atoms with van der Waals surface area (Å²) in [7, 11) is 0. The molecule has 3 fully saturated rings. The number of hydrogen-bond acceptors (Lipinski definition) is 4. The van der Waals surface area contributed by atoms with Gasteiger partial charge in [0.1, 0.15) is 0 Å². The van der Waals surface area contributed by atoms with Gasteiger partial charge in [0.15, 0.2) is 5.92 Å². The summed E-state index contributed by atoms with van der Waals surface area (Å²) in [4.78, 5) is 23.6. The Bertz CT molecular complexity index is 275. The zero-order chi connectivity index (χ0) is 11.8. The molecule has 16 heavy (non-hydrogen) atoms. The SMILES string of the molecule is CCOC(=O)C(C(=O)OCC)C12CC(C1)C2. The van der Waals surface area contributed by atoms with Crippen LogP contribution in [0.25, 0.3) is 0 Å². The van der Waals surface area contributed by atoms with Gasteiger partial charge in [-0.3, -0.25) is 9.59 Å². The highest BCUT2D eigenvalue weighted by atomic mass is 16.6. The standard InChI is InChI=1S/C12H18O4/c1-3-15-10(13)9(11(14)16-4-2)12-5-8(6-12)7-12/h8-9H,3-7H2,1-2H3. The average molecular weight is 226 g/mol. The third-order valence-electron chi connectivity index (χ3n) is 3.74. The van der Waals surface area contributed by atoms with Crippen molar-refractivity contribution in [2.45, 2.75) is 33.1 Å². The van der Waals surface area contributed by atoms with Crippen LogP contribution in [-0.4, -0.2) is 25.2 Å². The molecule has 3 saturated carbocycles. The van der Waals surface area contributed by atoms with Crippen LogP contribution in [0.15, 0.2) is 0 Å². The van der Waals surface area contributed by atoms with Gasteiger partial charge in [-0.25, -0.2) is 0 Å². The molecule has 0 saturated heterocycles. The molecule has 0 amide bonds. The summed E-state index contributed by atoms with van der Waals surface area (Å²) in [6, 6.07) is 0. The van der Waals surface area contributed by atoms with Crippen molar-refractivity contribution < 1.29 is 19.1 Å². The molecule has 3 rings (SSSR count). The van der Waals surface area contributed by atoms with E-state index >= 15 is 0 Å². The minimum Gasteiger partial charge on any atom is -0.465 e. The van der Waals surface area contributed by atoms with E-state index in [4.69, 9.17) is 9.47 Å². The molecular formula is C12H18O4. The summed E-state index contributed by atoms with van der Waals surface area (Å²) in [5.41, 5.74) is -0.122. The van der Waals surface area contributed by atoms with Crippen LogP contribution in [0.4, 0.5) is 0 Å². The quantitative estimate of drug-likeness (QED) is 0.527. The number of carbonyl (C=O) groups excluding carboxylic acids is 2. The van der Waals surface area contributed by atoms with Crippen LogP contribution in [0, 0.1) is 17.3 Å². The zero-order valence-electron chi connectivity index (χ0n) is 9.82. The first-order valence-corrected chi connectivity index (χ1v) is 5.96. The van der Waals surface area contributed by atoms with Gasteiger partial charge in [-0.15, -0.1) is 0 Å². The normalized spacial score (nSPS) is 30.3. The minimum absolute atomic E-state index is 0.122. The number of hydrogen-bond donors (Lipinski definition) is 0. The summed E-state index contributed by atoms with van der Waals surface area (Å²) in [6.07, 6.45) is 2.94. The van der Waals surface area contributed by atoms with Crippen molar-refractivity contribution in [2.75, 3.05) is 13.2 Å². The van der Waals surface area contributed by atoms with Gasteiger partial charge in [0, 0.05) is 0 Å². The molecule has 0 aromatic heterocycles. The maximum Gasteiger partial charge on any atom is 0.320 e. The summed E-state index contributed by atoms with van der Waals surface area (Å²) in [5, 5.41) is 0. The number of ether oxygens (including phenoxy) is 2. The predicted molar refractivity (Wildman–Crippen MR) is 56.5 cm³/mol. The van der Waals surface area contributed by atoms with E-state index in [1.54, 1.807) is 13.8 Å². The average Bonchev–Trinajstić information content (AvgIpc) is 2.09. The topological polar surface area (TPSA) is 52.6 Å². The van der Waals surface area contributed by atoms with Crippen LogP contribution >= 0.6 is 0 Å². The fourth-order valence-corrected chi connectivity index (χ4v) is 2.95. The van der Waals surface area contributed by atoms with Gasteiger partial charge in [-0.1, -0.05) is 0 Å². The van der Waals surface area contributed by atoms with E-state index in [2.05, 4.69) is 0 Å². The number of esters is 2. The van der Waals surface area contributed by atoms with E-state index in [1.807, 2.05) is 0 Å². The Morgan fingerprint density at radius 3 is 1.81 bits per heavy atom. The second-order valence-corrected chi connectivity index (χ2v) is 4.78. The molecule has 0 heterocycles. The Morgan fingerprint density at radius 2 is 1.56 bits per heavy atom. The highest BCUT2D eigenvalue weighted by Crippen LogP contribution is 2.68. The first-order valence-electron chi connectivity index (χ1n) is 5.96. The third kappa shape index (κ3) is 1.60. The summed E-state index contributed by atoms with van der Waals surface area (Å²) in [5.74, 6) is -0.762. The second-order valence-electron chi connectivity index (χ2n) is 4.78. The lowest BCUT2D eigenvalue weighted by atomic mass is 9.40. The smallest absolute Gasteiger partial charge is 0.320 e. The molecule has 0 spiro atoms. The van der Waals surface area contributed by atoms with E-state index < -0.39 is 17.9 Å². The van der Waals surface area contributed by atoms with Gasteiger partial charge in [-0.05, 0) is 44.4 Å². The molecule has 90 valence electrons. The summed E-state index contributed by atoms with van der Waals surface area (Å²) >= 11 is 0. The minimum atomic E-state index is -0.683. The largest absolute Gasteiger partial charge is 0.465 e. The first-order chi connectivity index (χ1) is 7.63. The monoisotopic (exact) mass is 226 g/mol. The molecule has 0 radical (unpaired) electrons. The second kappa shape index (κ2) is 4.07. The molecule has 3 aliphatic rings. The van der Waals surface area contributed by atoms with Crippen molar-refractivity contribution >= 4 is 11.9 Å². The molecular weight excluding hydrogens is 208 g/mol. The molecule has 4 nitrogen and oxygen atoms in total. The fraction of sp³-hybridized carbons (Fsp3) is 0.833. The Labute approximate surface area is 95.3 Å². The lowest BCUT2D eigenvalue weighted by Gasteiger charge is -2.63. The van der Waals surface area contributed by atoms with E-state index in [-0.39, 0.29) is 5.41 Å². The van der Waals surface area contributed by atoms with E-state index in [0.29, 0.717) is 13.2 Å². The van der Waals surface area contributed by atoms with Gasteiger partial charge in [-0.2, -0.15) is 0 Å². The van der Waals surface area contributed by atoms with Crippen molar-refractivity contribution in [1.29, 1.82) is 0 Å². The molecule has 0 atom stereocenters. The molecule has 0 unspecified atom stereocenters. The molecule has 0 aliphatic heterocycles. The van der Waals surface area contributed by atoms with Gasteiger partial charge in [0.05, 0.1) is 13.2 Å². The van der Waals surface area contributed by atoms with Crippen LogP contribution in [0.3, 0.4) is 0 Å². The van der Waals surface area contributed by atoms with E-state index in [0.717, 1.165) is 25.2 Å². The Balaban J connectivity index is 2.06. The Morgan fingerprint density at radius 1 is 1.12 bits per heavy atom. The highest BCUT2D eigenvalue weighted by molar-refractivity contribution is 5.96. The van der Waals surface area contributed by atoms with Crippen molar-refractivity contribution in [1.82, 2.24) is 0 Å². The lowest BCUT2D eigenvalue weighted by Crippen LogP contribution is -2.60. The van der Waals surface area contributed by atoms with Crippen LogP contribution in [0.1, 0.15) is 33.1 Å². The fourth-order valence-electron chi connectivity index (χ4n) is 2.95. The van der Waals surface area contributed by atoms with Crippen molar-refractivity contribution in [3.05, 3.63) is 0 Å². The highest BCUT2D eigenvalue weighted by Gasteiger charge is 2.65. The van der Waals surface area contributed by atoms with Crippen molar-refractivity contribution in [2.24, 2.45) is 17.3 Å². The molecule has 0 N–H and O–H groups in total. The third-order valence-corrected chi connectivity index (χ3v) is 3.74. The lowest BCUT2D eigenvalue weighted by molar-refractivity contribution is -0.199. The molecule has 4 heteroatoms. The van der Waals surface area contributed by atoms with Crippen LogP contribution in [0.5, 0.6) is 0 Å². The van der Waals surface area contributed by atoms with Crippen LogP contribution in [-0.2, 0) is 19.1 Å². The van der Waals surface area contributed by atoms with Crippen molar-refractivity contribution in [3.8, 4) is 0 Å². The van der Waals surface area contributed by atoms with Gasteiger partial charge >= 0.3 is 11.9 Å². The predicted octanol–water partition coefficient (Wildman–Crippen LogP) is 1.53. The van der Waals surface area contributed by atoms with Gasteiger partial charge in [0.25, 0.3) is 0 Å². The van der Waals surface area contributed by atoms with E-state index in [9.17, 15) is 9.59 Å². The maximum absolute atomic E-state index is 11.8. The van der Waals surface area contributed by atoms with Crippen LogP contribution < -0.4 is 0 Å².